The molecule has 0 aliphatic heterocycles. The number of aromatic nitrogens is 4. The Balaban J connectivity index is 1.29. The maximum absolute atomic E-state index is 6.65. The van der Waals surface area contributed by atoms with Crippen LogP contribution in [0.5, 0.6) is 0 Å². The molecule has 5 heteroatoms. The van der Waals surface area contributed by atoms with E-state index >= 15 is 0 Å². The largest absolute Gasteiger partial charge is 0.455 e. The first-order chi connectivity index (χ1) is 24.8. The first kappa shape index (κ1) is 28.2. The summed E-state index contributed by atoms with van der Waals surface area (Å²) in [6.45, 7) is 0. The summed E-state index contributed by atoms with van der Waals surface area (Å²) < 4.78 is 8.84. The SMILES string of the molecule is c1ccc(-c2ccc(-c3nc(-c4ccccc4)nc(-n4c5ccccc5c5c(-c6ccccc6)c6oc7ccccc7c6cc54)n3)cc2)cc1. The molecule has 3 aromatic heterocycles. The fourth-order valence-electron chi connectivity index (χ4n) is 7.15. The first-order valence-corrected chi connectivity index (χ1v) is 16.7. The van der Waals surface area contributed by atoms with Crippen LogP contribution in [0.15, 0.2) is 174 Å². The summed E-state index contributed by atoms with van der Waals surface area (Å²) in [5.74, 6) is 1.78. The number of nitrogens with zero attached hydrogens (tertiary/aromatic N) is 4. The summed E-state index contributed by atoms with van der Waals surface area (Å²) in [5.41, 5.74) is 10.0. The van der Waals surface area contributed by atoms with Crippen molar-refractivity contribution in [2.45, 2.75) is 0 Å². The lowest BCUT2D eigenvalue weighted by Gasteiger charge is -2.12. The molecule has 0 N–H and O–H groups in total. The van der Waals surface area contributed by atoms with E-state index in [1.165, 1.54) is 0 Å². The van der Waals surface area contributed by atoms with Crippen LogP contribution in [0.2, 0.25) is 0 Å². The zero-order valence-corrected chi connectivity index (χ0v) is 26.9. The fourth-order valence-corrected chi connectivity index (χ4v) is 7.15. The zero-order valence-electron chi connectivity index (χ0n) is 26.9. The molecule has 0 aliphatic rings. The molecule has 0 saturated carbocycles. The Morgan fingerprint density at radius 3 is 1.62 bits per heavy atom. The lowest BCUT2D eigenvalue weighted by Crippen LogP contribution is -2.06. The third kappa shape index (κ3) is 4.52. The van der Waals surface area contributed by atoms with Crippen molar-refractivity contribution in [2.24, 2.45) is 0 Å². The normalized spacial score (nSPS) is 11.6. The molecule has 10 rings (SSSR count). The van der Waals surface area contributed by atoms with Gasteiger partial charge in [0.05, 0.1) is 11.0 Å². The van der Waals surface area contributed by atoms with E-state index in [-0.39, 0.29) is 0 Å². The van der Waals surface area contributed by atoms with Crippen molar-refractivity contribution >= 4 is 43.7 Å². The average Bonchev–Trinajstić information content (AvgIpc) is 3.73. The van der Waals surface area contributed by atoms with Crippen molar-refractivity contribution < 1.29 is 4.42 Å². The van der Waals surface area contributed by atoms with Crippen molar-refractivity contribution in [2.75, 3.05) is 0 Å². The average molecular weight is 641 g/mol. The van der Waals surface area contributed by atoms with Gasteiger partial charge >= 0.3 is 0 Å². The maximum atomic E-state index is 6.65. The van der Waals surface area contributed by atoms with Gasteiger partial charge in [-0.2, -0.15) is 9.97 Å². The van der Waals surface area contributed by atoms with Gasteiger partial charge in [-0.05, 0) is 34.9 Å². The lowest BCUT2D eigenvalue weighted by molar-refractivity contribution is 0.670. The van der Waals surface area contributed by atoms with Crippen LogP contribution in [0.25, 0.3) is 94.7 Å². The molecule has 234 valence electrons. The van der Waals surface area contributed by atoms with Gasteiger partial charge in [0.1, 0.15) is 11.2 Å². The van der Waals surface area contributed by atoms with Gasteiger partial charge in [0, 0.05) is 38.2 Å². The minimum atomic E-state index is 0.554. The third-order valence-electron chi connectivity index (χ3n) is 9.47. The minimum Gasteiger partial charge on any atom is -0.455 e. The number of furan rings is 1. The summed E-state index contributed by atoms with van der Waals surface area (Å²) in [6, 6.07) is 58.4. The Morgan fingerprint density at radius 1 is 0.400 bits per heavy atom. The van der Waals surface area contributed by atoms with Gasteiger partial charge in [0.15, 0.2) is 11.6 Å². The summed E-state index contributed by atoms with van der Waals surface area (Å²) in [6.07, 6.45) is 0. The van der Waals surface area contributed by atoms with Gasteiger partial charge in [-0.15, -0.1) is 0 Å². The van der Waals surface area contributed by atoms with Gasteiger partial charge < -0.3 is 4.42 Å². The van der Waals surface area contributed by atoms with Crippen molar-refractivity contribution in [1.82, 2.24) is 19.5 Å². The Morgan fingerprint density at radius 2 is 0.920 bits per heavy atom. The summed E-state index contributed by atoms with van der Waals surface area (Å²) in [4.78, 5) is 15.5. The van der Waals surface area contributed by atoms with Crippen LogP contribution in [0, 0.1) is 0 Å². The van der Waals surface area contributed by atoms with Gasteiger partial charge in [-0.3, -0.25) is 4.57 Å². The second-order valence-corrected chi connectivity index (χ2v) is 12.4. The van der Waals surface area contributed by atoms with Crippen LogP contribution >= 0.6 is 0 Å². The molecule has 0 atom stereocenters. The highest BCUT2D eigenvalue weighted by Gasteiger charge is 2.24. The highest BCUT2D eigenvalue weighted by molar-refractivity contribution is 6.25. The quantitative estimate of drug-likeness (QED) is 0.188. The van der Waals surface area contributed by atoms with Crippen LogP contribution in [-0.4, -0.2) is 19.5 Å². The maximum Gasteiger partial charge on any atom is 0.238 e. The van der Waals surface area contributed by atoms with Gasteiger partial charge in [0.2, 0.25) is 5.95 Å². The van der Waals surface area contributed by atoms with Crippen LogP contribution in [-0.2, 0) is 0 Å². The summed E-state index contributed by atoms with van der Waals surface area (Å²) in [5, 5.41) is 4.30. The second kappa shape index (κ2) is 11.4. The Bertz CT molecular complexity index is 2840. The van der Waals surface area contributed by atoms with Gasteiger partial charge in [0.25, 0.3) is 0 Å². The number of hydrogen-bond donors (Lipinski definition) is 0. The molecular weight excluding hydrogens is 613 g/mol. The number of hydrogen-bond acceptors (Lipinski definition) is 4. The molecular formula is C45H28N4O. The molecule has 0 fully saturated rings. The topological polar surface area (TPSA) is 56.7 Å². The van der Waals surface area contributed by atoms with Crippen molar-refractivity contribution in [3.05, 3.63) is 170 Å². The Kier molecular flexibility index (Phi) is 6.42. The number of para-hydroxylation sites is 2. The number of fused-ring (bicyclic) bond motifs is 6. The molecule has 10 aromatic rings. The van der Waals surface area contributed by atoms with E-state index in [4.69, 9.17) is 19.4 Å². The van der Waals surface area contributed by atoms with Crippen LogP contribution < -0.4 is 0 Å². The van der Waals surface area contributed by atoms with E-state index in [1.54, 1.807) is 0 Å². The molecule has 0 unspecified atom stereocenters. The third-order valence-corrected chi connectivity index (χ3v) is 9.47. The van der Waals surface area contributed by atoms with Crippen molar-refractivity contribution in [3.8, 4) is 51.0 Å². The zero-order chi connectivity index (χ0) is 33.0. The molecule has 0 radical (unpaired) electrons. The van der Waals surface area contributed by atoms with Crippen LogP contribution in [0.3, 0.4) is 0 Å². The fraction of sp³-hybridized carbons (Fsp3) is 0. The molecule has 5 nitrogen and oxygen atoms in total. The van der Waals surface area contributed by atoms with E-state index in [9.17, 15) is 0 Å². The van der Waals surface area contributed by atoms with E-state index in [2.05, 4.69) is 120 Å². The predicted octanol–water partition coefficient (Wildman–Crippen LogP) is 11.5. The van der Waals surface area contributed by atoms with E-state index < -0.39 is 0 Å². The number of benzene rings is 7. The summed E-state index contributed by atoms with van der Waals surface area (Å²) >= 11 is 0. The molecule has 0 bridgehead atoms. The Labute approximate surface area is 287 Å². The smallest absolute Gasteiger partial charge is 0.238 e. The summed E-state index contributed by atoms with van der Waals surface area (Å²) in [7, 11) is 0. The molecule has 0 aliphatic carbocycles. The monoisotopic (exact) mass is 640 g/mol. The van der Waals surface area contributed by atoms with Crippen LogP contribution in [0.4, 0.5) is 0 Å². The second-order valence-electron chi connectivity index (χ2n) is 12.4. The molecule has 7 aromatic carbocycles. The van der Waals surface area contributed by atoms with Gasteiger partial charge in [-0.1, -0.05) is 152 Å². The van der Waals surface area contributed by atoms with Crippen LogP contribution in [0.1, 0.15) is 0 Å². The number of rotatable bonds is 5. The standard InChI is InChI=1S/C45H28N4O/c1-4-14-29(15-5-1)30-24-26-33(27-25-30)44-46-43(32-18-8-3-9-19-32)47-45(48-44)49-37-22-12-10-21-35(37)41-38(49)28-36-34-20-11-13-23-39(34)50-42(36)40(41)31-16-6-2-7-17-31/h1-28H. The molecule has 0 spiro atoms. The molecule has 50 heavy (non-hydrogen) atoms. The van der Waals surface area contributed by atoms with Crippen molar-refractivity contribution in [1.29, 1.82) is 0 Å². The Hall–Kier alpha value is -6.85. The minimum absolute atomic E-state index is 0.554. The first-order valence-electron chi connectivity index (χ1n) is 16.7. The van der Waals surface area contributed by atoms with E-state index in [0.29, 0.717) is 17.6 Å². The van der Waals surface area contributed by atoms with E-state index in [1.807, 2.05) is 54.6 Å². The molecule has 0 saturated heterocycles. The lowest BCUT2D eigenvalue weighted by atomic mass is 9.96. The predicted molar refractivity (Wildman–Crippen MR) is 203 cm³/mol. The van der Waals surface area contributed by atoms with E-state index in [0.717, 1.165) is 77.1 Å². The highest BCUT2D eigenvalue weighted by atomic mass is 16.3. The molecule has 3 heterocycles. The van der Waals surface area contributed by atoms with Crippen molar-refractivity contribution in [3.63, 3.8) is 0 Å². The van der Waals surface area contributed by atoms with Gasteiger partial charge in [-0.25, -0.2) is 4.98 Å². The highest BCUT2D eigenvalue weighted by Crippen LogP contribution is 2.45. The molecule has 0 amide bonds.